The highest BCUT2D eigenvalue weighted by Gasteiger charge is 2.16. The maximum absolute atomic E-state index is 6.05. The van der Waals surface area contributed by atoms with E-state index in [-0.39, 0.29) is 0 Å². The van der Waals surface area contributed by atoms with Gasteiger partial charge in [0.15, 0.2) is 0 Å². The van der Waals surface area contributed by atoms with Crippen molar-refractivity contribution >= 4 is 33.3 Å². The summed E-state index contributed by atoms with van der Waals surface area (Å²) in [4.78, 5) is 10.2. The third-order valence-corrected chi connectivity index (χ3v) is 3.23. The molecule has 1 aromatic rings. The predicted molar refractivity (Wildman–Crippen MR) is 63.6 cm³/mol. The Morgan fingerprint density at radius 2 is 2.14 bits per heavy atom. The van der Waals surface area contributed by atoms with E-state index in [2.05, 4.69) is 32.8 Å². The second-order valence-corrected chi connectivity index (χ2v) is 4.36. The van der Waals surface area contributed by atoms with Crippen molar-refractivity contribution in [3.63, 3.8) is 0 Å². The first-order valence-corrected chi connectivity index (χ1v) is 5.81. The molecule has 1 atom stereocenters. The van der Waals surface area contributed by atoms with Crippen LogP contribution in [0.1, 0.15) is 18.4 Å². The summed E-state index contributed by atoms with van der Waals surface area (Å²) in [6.45, 7) is 2.09. The summed E-state index contributed by atoms with van der Waals surface area (Å²) in [5.74, 6) is 1.19. The molecule has 78 valence electrons. The van der Waals surface area contributed by atoms with Crippen molar-refractivity contribution in [1.82, 2.24) is 9.97 Å². The molecule has 5 heteroatoms. The number of hydrogen-bond donors (Lipinski definition) is 0. The largest absolute Gasteiger partial charge is 0.362 e. The van der Waals surface area contributed by atoms with Crippen molar-refractivity contribution in [2.45, 2.75) is 12.8 Å². The van der Waals surface area contributed by atoms with Crippen molar-refractivity contribution in [2.75, 3.05) is 24.3 Å². The number of rotatable bonds is 3. The molecule has 1 aromatic heterocycles. The summed E-state index contributed by atoms with van der Waals surface area (Å²) in [6, 6.07) is 0. The average Bonchev–Trinajstić information content (AvgIpc) is 2.16. The van der Waals surface area contributed by atoms with E-state index < -0.39 is 0 Å². The molecule has 3 nitrogen and oxygen atoms in total. The fraction of sp³-hybridized carbons (Fsp3) is 0.556. The molecule has 0 N–H and O–H groups in total. The Morgan fingerprint density at radius 1 is 1.50 bits per heavy atom. The van der Waals surface area contributed by atoms with Crippen LogP contribution in [0.15, 0.2) is 6.33 Å². The molecule has 0 aromatic carbocycles. The van der Waals surface area contributed by atoms with Gasteiger partial charge in [0.1, 0.15) is 17.3 Å². The van der Waals surface area contributed by atoms with Crippen LogP contribution in [0.2, 0.25) is 5.15 Å². The molecule has 0 saturated heterocycles. The summed E-state index contributed by atoms with van der Waals surface area (Å²) < 4.78 is 0. The third kappa shape index (κ3) is 2.36. The molecule has 0 fully saturated rings. The standard InChI is InChI=1S/C9H13BrClN3/c1-6(4-10)7-8(11)12-5-13-9(7)14(2)3/h5-6H,4H2,1-3H3. The fourth-order valence-electron chi connectivity index (χ4n) is 1.22. The highest BCUT2D eigenvalue weighted by atomic mass is 79.9. The van der Waals surface area contributed by atoms with Gasteiger partial charge in [0.25, 0.3) is 0 Å². The second-order valence-electron chi connectivity index (χ2n) is 3.35. The van der Waals surface area contributed by atoms with Crippen molar-refractivity contribution in [3.05, 3.63) is 17.0 Å². The van der Waals surface area contributed by atoms with E-state index >= 15 is 0 Å². The van der Waals surface area contributed by atoms with E-state index in [9.17, 15) is 0 Å². The number of hydrogen-bond acceptors (Lipinski definition) is 3. The number of nitrogens with zero attached hydrogens (tertiary/aromatic N) is 3. The number of alkyl halides is 1. The van der Waals surface area contributed by atoms with Gasteiger partial charge in [0.2, 0.25) is 0 Å². The fourth-order valence-corrected chi connectivity index (χ4v) is 1.86. The van der Waals surface area contributed by atoms with Crippen LogP contribution in [0.3, 0.4) is 0 Å². The van der Waals surface area contributed by atoms with Crippen molar-refractivity contribution in [2.24, 2.45) is 0 Å². The minimum atomic E-state index is 0.307. The molecule has 0 spiro atoms. The van der Waals surface area contributed by atoms with Crippen molar-refractivity contribution in [1.29, 1.82) is 0 Å². The molecule has 1 heterocycles. The summed E-state index contributed by atoms with van der Waals surface area (Å²) in [7, 11) is 3.90. The van der Waals surface area contributed by atoms with E-state index in [1.54, 1.807) is 0 Å². The highest BCUT2D eigenvalue weighted by Crippen LogP contribution is 2.30. The van der Waals surface area contributed by atoms with Crippen molar-refractivity contribution < 1.29 is 0 Å². The van der Waals surface area contributed by atoms with Gasteiger partial charge in [-0.05, 0) is 5.92 Å². The summed E-state index contributed by atoms with van der Waals surface area (Å²) in [5, 5.41) is 1.39. The SMILES string of the molecule is CC(CBr)c1c(Cl)ncnc1N(C)C. The van der Waals surface area contributed by atoms with Crippen LogP contribution in [0.25, 0.3) is 0 Å². The first-order valence-electron chi connectivity index (χ1n) is 4.31. The van der Waals surface area contributed by atoms with Crippen LogP contribution >= 0.6 is 27.5 Å². The average molecular weight is 279 g/mol. The molecule has 0 saturated carbocycles. The lowest BCUT2D eigenvalue weighted by atomic mass is 10.1. The van der Waals surface area contributed by atoms with Gasteiger partial charge in [-0.2, -0.15) is 0 Å². The van der Waals surface area contributed by atoms with Gasteiger partial charge >= 0.3 is 0 Å². The van der Waals surface area contributed by atoms with Crippen LogP contribution in [0, 0.1) is 0 Å². The van der Waals surface area contributed by atoms with Crippen LogP contribution in [-0.2, 0) is 0 Å². The Labute approximate surface area is 97.6 Å². The zero-order chi connectivity index (χ0) is 10.7. The highest BCUT2D eigenvalue weighted by molar-refractivity contribution is 9.09. The van der Waals surface area contributed by atoms with Crippen LogP contribution in [0.4, 0.5) is 5.82 Å². The number of aromatic nitrogens is 2. The van der Waals surface area contributed by atoms with E-state index in [0.29, 0.717) is 11.1 Å². The van der Waals surface area contributed by atoms with Gasteiger partial charge < -0.3 is 4.90 Å². The third-order valence-electron chi connectivity index (χ3n) is 1.96. The van der Waals surface area contributed by atoms with E-state index in [0.717, 1.165) is 16.7 Å². The zero-order valence-corrected chi connectivity index (χ0v) is 10.8. The Kier molecular flexibility index (Phi) is 4.13. The first-order chi connectivity index (χ1) is 6.57. The normalized spacial score (nSPS) is 12.6. The molecule has 0 aliphatic carbocycles. The quantitative estimate of drug-likeness (QED) is 0.629. The maximum Gasteiger partial charge on any atom is 0.138 e. The van der Waals surface area contributed by atoms with Gasteiger partial charge in [-0.1, -0.05) is 34.5 Å². The molecule has 0 radical (unpaired) electrons. The van der Waals surface area contributed by atoms with Crippen molar-refractivity contribution in [3.8, 4) is 0 Å². The molecule has 0 aliphatic heterocycles. The summed E-state index contributed by atoms with van der Waals surface area (Å²) >= 11 is 9.48. The minimum absolute atomic E-state index is 0.307. The smallest absolute Gasteiger partial charge is 0.138 e. The van der Waals surface area contributed by atoms with Gasteiger partial charge in [-0.15, -0.1) is 0 Å². The summed E-state index contributed by atoms with van der Waals surface area (Å²) in [6.07, 6.45) is 1.49. The maximum atomic E-state index is 6.05. The molecule has 14 heavy (non-hydrogen) atoms. The van der Waals surface area contributed by atoms with Gasteiger partial charge in [0.05, 0.1) is 0 Å². The van der Waals surface area contributed by atoms with Gasteiger partial charge in [-0.3, -0.25) is 0 Å². The molecular weight excluding hydrogens is 265 g/mol. The van der Waals surface area contributed by atoms with Gasteiger partial charge in [-0.25, -0.2) is 9.97 Å². The van der Waals surface area contributed by atoms with Crippen LogP contribution < -0.4 is 4.90 Å². The number of halogens is 2. The Balaban J connectivity index is 3.22. The lowest BCUT2D eigenvalue weighted by Gasteiger charge is -2.19. The molecule has 0 bridgehead atoms. The minimum Gasteiger partial charge on any atom is -0.362 e. The lowest BCUT2D eigenvalue weighted by molar-refractivity contribution is 0.850. The first kappa shape index (κ1) is 11.7. The molecular formula is C9H13BrClN3. The number of anilines is 1. The van der Waals surface area contributed by atoms with Crippen LogP contribution in [0.5, 0.6) is 0 Å². The molecule has 0 amide bonds. The Bertz CT molecular complexity index is 317. The topological polar surface area (TPSA) is 29.0 Å². The summed E-state index contributed by atoms with van der Waals surface area (Å²) in [5.41, 5.74) is 0.996. The molecule has 0 aliphatic rings. The van der Waals surface area contributed by atoms with E-state index in [1.165, 1.54) is 6.33 Å². The lowest BCUT2D eigenvalue weighted by Crippen LogP contribution is -2.15. The van der Waals surface area contributed by atoms with E-state index in [1.807, 2.05) is 19.0 Å². The molecule has 1 unspecified atom stereocenters. The van der Waals surface area contributed by atoms with E-state index in [4.69, 9.17) is 11.6 Å². The predicted octanol–water partition coefficient (Wildman–Crippen LogP) is 2.69. The Morgan fingerprint density at radius 3 is 2.64 bits per heavy atom. The van der Waals surface area contributed by atoms with Crippen LogP contribution in [-0.4, -0.2) is 29.4 Å². The molecule has 1 rings (SSSR count). The monoisotopic (exact) mass is 277 g/mol. The second kappa shape index (κ2) is 4.94. The van der Waals surface area contributed by atoms with Gasteiger partial charge in [0, 0.05) is 25.0 Å². The zero-order valence-electron chi connectivity index (χ0n) is 8.46. The Hall–Kier alpha value is -0.350.